The molecule has 2 atom stereocenters. The summed E-state index contributed by atoms with van der Waals surface area (Å²) in [5.74, 6) is 0.238. The average molecular weight is 327 g/mol. The van der Waals surface area contributed by atoms with Gasteiger partial charge in [0.05, 0.1) is 12.1 Å². The van der Waals surface area contributed by atoms with Crippen LogP contribution in [-0.4, -0.2) is 42.9 Å². The number of hydrogen-bond donors (Lipinski definition) is 2. The standard InChI is InChI=1S/C18H25N5O/c1-22(2)15-6-4-5-13(7-15)8-20-18(24)17-11-19-10-16(17)14-9-21-23(3)12-14/h4-7,9,12,16-17,19H,8,10-11H2,1-3H3,(H,20,24)/t16-,17+/m1/s1. The smallest absolute Gasteiger partial charge is 0.225 e. The maximum atomic E-state index is 12.6. The quantitative estimate of drug-likeness (QED) is 0.863. The molecule has 2 N–H and O–H groups in total. The summed E-state index contributed by atoms with van der Waals surface area (Å²) in [7, 11) is 5.93. The van der Waals surface area contributed by atoms with Crippen LogP contribution in [0.3, 0.4) is 0 Å². The number of amides is 1. The summed E-state index contributed by atoms with van der Waals surface area (Å²) >= 11 is 0. The van der Waals surface area contributed by atoms with E-state index in [1.165, 1.54) is 0 Å². The fourth-order valence-electron chi connectivity index (χ4n) is 3.20. The number of aryl methyl sites for hydroxylation is 1. The van der Waals surface area contributed by atoms with Crippen LogP contribution >= 0.6 is 0 Å². The Kier molecular flexibility index (Phi) is 4.85. The van der Waals surface area contributed by atoms with Gasteiger partial charge >= 0.3 is 0 Å². The molecule has 0 aliphatic carbocycles. The van der Waals surface area contributed by atoms with Crippen molar-refractivity contribution >= 4 is 11.6 Å². The Morgan fingerprint density at radius 2 is 2.25 bits per heavy atom. The number of nitrogens with one attached hydrogen (secondary N) is 2. The molecule has 0 spiro atoms. The van der Waals surface area contributed by atoms with Gasteiger partial charge in [-0.2, -0.15) is 5.10 Å². The third kappa shape index (κ3) is 3.59. The van der Waals surface area contributed by atoms with Gasteiger partial charge in [0.25, 0.3) is 0 Å². The van der Waals surface area contributed by atoms with E-state index in [0.29, 0.717) is 13.1 Å². The van der Waals surface area contributed by atoms with Crippen LogP contribution in [0, 0.1) is 5.92 Å². The maximum absolute atomic E-state index is 12.6. The number of benzene rings is 1. The van der Waals surface area contributed by atoms with Crippen LogP contribution in [0.25, 0.3) is 0 Å². The molecular formula is C18H25N5O. The van der Waals surface area contributed by atoms with Crippen molar-refractivity contribution in [3.05, 3.63) is 47.8 Å². The zero-order chi connectivity index (χ0) is 17.1. The number of carbonyl (C=O) groups excluding carboxylic acids is 1. The Labute approximate surface area is 142 Å². The summed E-state index contributed by atoms with van der Waals surface area (Å²) in [5.41, 5.74) is 3.37. The Balaban J connectivity index is 1.63. The second-order valence-electron chi connectivity index (χ2n) is 6.60. The number of rotatable bonds is 5. The van der Waals surface area contributed by atoms with Crippen LogP contribution in [0.4, 0.5) is 5.69 Å². The van der Waals surface area contributed by atoms with Gasteiger partial charge in [-0.1, -0.05) is 12.1 Å². The molecule has 128 valence electrons. The molecule has 2 heterocycles. The lowest BCUT2D eigenvalue weighted by molar-refractivity contribution is -0.125. The first-order valence-electron chi connectivity index (χ1n) is 8.28. The minimum Gasteiger partial charge on any atom is -0.378 e. The minimum atomic E-state index is -0.0498. The topological polar surface area (TPSA) is 62.2 Å². The van der Waals surface area contributed by atoms with Gasteiger partial charge in [-0.15, -0.1) is 0 Å². The van der Waals surface area contributed by atoms with Crippen molar-refractivity contribution in [2.75, 3.05) is 32.1 Å². The summed E-state index contributed by atoms with van der Waals surface area (Å²) in [5, 5.41) is 10.6. The maximum Gasteiger partial charge on any atom is 0.225 e. The molecule has 0 radical (unpaired) electrons. The van der Waals surface area contributed by atoms with Crippen molar-refractivity contribution < 1.29 is 4.79 Å². The van der Waals surface area contributed by atoms with Gasteiger partial charge in [-0.25, -0.2) is 0 Å². The molecule has 1 aliphatic rings. The van der Waals surface area contributed by atoms with E-state index in [2.05, 4.69) is 32.8 Å². The van der Waals surface area contributed by atoms with Crippen molar-refractivity contribution in [1.82, 2.24) is 20.4 Å². The SMILES string of the molecule is CN(C)c1cccc(CNC(=O)[C@H]2CNC[C@@H]2c2cnn(C)c2)c1. The highest BCUT2D eigenvalue weighted by molar-refractivity contribution is 5.80. The number of carbonyl (C=O) groups is 1. The van der Waals surface area contributed by atoms with Gasteiger partial charge < -0.3 is 15.5 Å². The largest absolute Gasteiger partial charge is 0.378 e. The van der Waals surface area contributed by atoms with Gasteiger partial charge in [0.2, 0.25) is 5.91 Å². The Bertz CT molecular complexity index is 709. The van der Waals surface area contributed by atoms with Crippen LogP contribution in [0.1, 0.15) is 17.0 Å². The second-order valence-corrected chi connectivity index (χ2v) is 6.60. The number of nitrogens with zero attached hydrogens (tertiary/aromatic N) is 3. The van der Waals surface area contributed by atoms with E-state index in [9.17, 15) is 4.79 Å². The number of hydrogen-bond acceptors (Lipinski definition) is 4. The molecule has 1 aromatic carbocycles. The van der Waals surface area contributed by atoms with Crippen molar-refractivity contribution in [2.45, 2.75) is 12.5 Å². The molecule has 6 heteroatoms. The Hall–Kier alpha value is -2.34. The Morgan fingerprint density at radius 1 is 1.42 bits per heavy atom. The second kappa shape index (κ2) is 7.05. The fraction of sp³-hybridized carbons (Fsp3) is 0.444. The molecule has 0 bridgehead atoms. The molecule has 1 aromatic heterocycles. The van der Waals surface area contributed by atoms with Crippen molar-refractivity contribution in [1.29, 1.82) is 0 Å². The van der Waals surface area contributed by atoms with Gasteiger partial charge in [-0.05, 0) is 23.3 Å². The third-order valence-electron chi connectivity index (χ3n) is 4.60. The van der Waals surface area contributed by atoms with E-state index in [-0.39, 0.29) is 17.7 Å². The molecule has 1 aliphatic heterocycles. The van der Waals surface area contributed by atoms with Crippen molar-refractivity contribution in [2.24, 2.45) is 13.0 Å². The molecule has 24 heavy (non-hydrogen) atoms. The van der Waals surface area contributed by atoms with Crippen molar-refractivity contribution in [3.63, 3.8) is 0 Å². The van der Waals surface area contributed by atoms with Crippen LogP contribution < -0.4 is 15.5 Å². The van der Waals surface area contributed by atoms with E-state index < -0.39 is 0 Å². The van der Waals surface area contributed by atoms with Crippen LogP contribution in [0.15, 0.2) is 36.7 Å². The average Bonchev–Trinajstić information content (AvgIpc) is 3.21. The molecule has 6 nitrogen and oxygen atoms in total. The molecule has 0 saturated carbocycles. The summed E-state index contributed by atoms with van der Waals surface area (Å²) in [6, 6.07) is 8.22. The first kappa shape index (κ1) is 16.5. The predicted molar refractivity (Wildman–Crippen MR) is 94.9 cm³/mol. The molecule has 1 amide bonds. The summed E-state index contributed by atoms with van der Waals surface area (Å²) in [6.45, 7) is 2.08. The van der Waals surface area contributed by atoms with Crippen LogP contribution in [-0.2, 0) is 18.4 Å². The van der Waals surface area contributed by atoms with E-state index in [0.717, 1.165) is 23.4 Å². The van der Waals surface area contributed by atoms with Gasteiger partial charge in [-0.3, -0.25) is 9.48 Å². The summed E-state index contributed by atoms with van der Waals surface area (Å²) in [6.07, 6.45) is 3.86. The third-order valence-corrected chi connectivity index (χ3v) is 4.60. The van der Waals surface area contributed by atoms with E-state index in [4.69, 9.17) is 0 Å². The van der Waals surface area contributed by atoms with Gasteiger partial charge in [0.15, 0.2) is 0 Å². The van der Waals surface area contributed by atoms with E-state index >= 15 is 0 Å². The highest BCUT2D eigenvalue weighted by Gasteiger charge is 2.34. The predicted octanol–water partition coefficient (Wildman–Crippen LogP) is 1.11. The molecule has 1 saturated heterocycles. The molecule has 0 unspecified atom stereocenters. The lowest BCUT2D eigenvalue weighted by atomic mass is 9.90. The first-order chi connectivity index (χ1) is 11.5. The zero-order valence-corrected chi connectivity index (χ0v) is 14.5. The summed E-state index contributed by atoms with van der Waals surface area (Å²) in [4.78, 5) is 14.7. The van der Waals surface area contributed by atoms with Gasteiger partial charge in [0, 0.05) is 58.6 Å². The fourth-order valence-corrected chi connectivity index (χ4v) is 3.20. The minimum absolute atomic E-state index is 0.0498. The Morgan fingerprint density at radius 3 is 2.96 bits per heavy atom. The van der Waals surface area contributed by atoms with Crippen molar-refractivity contribution in [3.8, 4) is 0 Å². The lowest BCUT2D eigenvalue weighted by Crippen LogP contribution is -2.34. The highest BCUT2D eigenvalue weighted by atomic mass is 16.1. The molecule has 3 rings (SSSR count). The lowest BCUT2D eigenvalue weighted by Gasteiger charge is -2.18. The van der Waals surface area contributed by atoms with E-state index in [1.807, 2.05) is 45.7 Å². The monoisotopic (exact) mass is 327 g/mol. The molecular weight excluding hydrogens is 302 g/mol. The number of anilines is 1. The van der Waals surface area contributed by atoms with E-state index in [1.54, 1.807) is 4.68 Å². The number of aromatic nitrogens is 2. The first-order valence-corrected chi connectivity index (χ1v) is 8.28. The van der Waals surface area contributed by atoms with Crippen LogP contribution in [0.2, 0.25) is 0 Å². The van der Waals surface area contributed by atoms with Gasteiger partial charge in [0.1, 0.15) is 0 Å². The van der Waals surface area contributed by atoms with Crippen LogP contribution in [0.5, 0.6) is 0 Å². The zero-order valence-electron chi connectivity index (χ0n) is 14.5. The highest BCUT2D eigenvalue weighted by Crippen LogP contribution is 2.28. The summed E-state index contributed by atoms with van der Waals surface area (Å²) < 4.78 is 1.79. The molecule has 2 aromatic rings. The molecule has 1 fully saturated rings. The normalized spacial score (nSPS) is 20.1.